The van der Waals surface area contributed by atoms with Crippen LogP contribution in [0.2, 0.25) is 0 Å². The highest BCUT2D eigenvalue weighted by Crippen LogP contribution is 2.21. The molecule has 0 heterocycles. The Morgan fingerprint density at radius 1 is 1.36 bits per heavy atom. The SMILES string of the molecule is C#CCC.CC1CCCCC1.[HH]. The Morgan fingerprint density at radius 2 is 1.82 bits per heavy atom. The van der Waals surface area contributed by atoms with Gasteiger partial charge in [-0.05, 0) is 5.92 Å². The van der Waals surface area contributed by atoms with E-state index in [9.17, 15) is 0 Å². The molecule has 1 saturated carbocycles. The summed E-state index contributed by atoms with van der Waals surface area (Å²) in [5.41, 5.74) is 0. The molecule has 0 radical (unpaired) electrons. The van der Waals surface area contributed by atoms with Crippen molar-refractivity contribution in [2.24, 2.45) is 5.92 Å². The lowest BCUT2D eigenvalue weighted by molar-refractivity contribution is 0.385. The van der Waals surface area contributed by atoms with E-state index in [0.717, 1.165) is 12.3 Å². The molecule has 0 bridgehead atoms. The average molecular weight is 154 g/mol. The Morgan fingerprint density at radius 3 is 2.00 bits per heavy atom. The summed E-state index contributed by atoms with van der Waals surface area (Å²) in [4.78, 5) is 0. The fraction of sp³-hybridized carbons (Fsp3) is 0.818. The summed E-state index contributed by atoms with van der Waals surface area (Å²) < 4.78 is 0. The zero-order valence-electron chi connectivity index (χ0n) is 7.90. The van der Waals surface area contributed by atoms with Crippen LogP contribution < -0.4 is 0 Å². The maximum absolute atomic E-state index is 4.78. The van der Waals surface area contributed by atoms with Crippen molar-refractivity contribution in [1.29, 1.82) is 0 Å². The summed E-state index contributed by atoms with van der Waals surface area (Å²) in [6, 6.07) is 0. The molecular formula is C11H22. The summed E-state index contributed by atoms with van der Waals surface area (Å²) in [6.45, 7) is 4.30. The van der Waals surface area contributed by atoms with Crippen LogP contribution in [0.4, 0.5) is 0 Å². The normalized spacial score (nSPS) is 17.9. The summed E-state index contributed by atoms with van der Waals surface area (Å²) in [6.07, 6.45) is 13.1. The second-order valence-electron chi connectivity index (χ2n) is 3.30. The highest BCUT2D eigenvalue weighted by molar-refractivity contribution is 4.80. The molecule has 66 valence electrons. The second-order valence-corrected chi connectivity index (χ2v) is 3.30. The molecule has 0 spiro atoms. The molecule has 1 fully saturated rings. The molecule has 0 saturated heterocycles. The van der Waals surface area contributed by atoms with Crippen molar-refractivity contribution < 1.29 is 1.43 Å². The van der Waals surface area contributed by atoms with Crippen molar-refractivity contribution in [2.75, 3.05) is 0 Å². The van der Waals surface area contributed by atoms with Crippen LogP contribution in [0.25, 0.3) is 0 Å². The van der Waals surface area contributed by atoms with Gasteiger partial charge in [0.1, 0.15) is 0 Å². The van der Waals surface area contributed by atoms with Crippen LogP contribution in [-0.2, 0) is 0 Å². The van der Waals surface area contributed by atoms with Crippen LogP contribution in [0.1, 0.15) is 53.8 Å². The van der Waals surface area contributed by atoms with Crippen molar-refractivity contribution in [3.05, 3.63) is 0 Å². The van der Waals surface area contributed by atoms with E-state index in [1.807, 2.05) is 6.92 Å². The monoisotopic (exact) mass is 154 g/mol. The van der Waals surface area contributed by atoms with E-state index < -0.39 is 0 Å². The van der Waals surface area contributed by atoms with E-state index in [4.69, 9.17) is 6.42 Å². The Hall–Kier alpha value is -0.440. The van der Waals surface area contributed by atoms with E-state index in [1.165, 1.54) is 32.1 Å². The zero-order valence-corrected chi connectivity index (χ0v) is 7.90. The van der Waals surface area contributed by atoms with Gasteiger partial charge in [-0.25, -0.2) is 0 Å². The first kappa shape index (κ1) is 10.6. The average Bonchev–Trinajstić information content (AvgIpc) is 2.07. The van der Waals surface area contributed by atoms with Crippen LogP contribution in [0, 0.1) is 18.3 Å². The number of rotatable bonds is 0. The highest BCUT2D eigenvalue weighted by atomic mass is 14.1. The first-order valence-corrected chi connectivity index (χ1v) is 4.74. The van der Waals surface area contributed by atoms with Crippen LogP contribution >= 0.6 is 0 Å². The third-order valence-electron chi connectivity index (χ3n) is 2.10. The van der Waals surface area contributed by atoms with Crippen molar-refractivity contribution in [1.82, 2.24) is 0 Å². The van der Waals surface area contributed by atoms with Gasteiger partial charge in [0.2, 0.25) is 0 Å². The summed E-state index contributed by atoms with van der Waals surface area (Å²) in [5.74, 6) is 3.47. The van der Waals surface area contributed by atoms with Gasteiger partial charge in [-0.3, -0.25) is 0 Å². The van der Waals surface area contributed by atoms with E-state index in [-0.39, 0.29) is 1.43 Å². The Balaban J connectivity index is 0. The van der Waals surface area contributed by atoms with Crippen LogP contribution in [0.15, 0.2) is 0 Å². The molecule has 0 amide bonds. The summed E-state index contributed by atoms with van der Waals surface area (Å²) >= 11 is 0. The molecule has 0 aliphatic heterocycles. The molecule has 1 aliphatic rings. The lowest BCUT2D eigenvalue weighted by Gasteiger charge is -2.15. The lowest BCUT2D eigenvalue weighted by Crippen LogP contribution is -1.99. The Bertz CT molecular complexity index is 107. The molecule has 0 aromatic rings. The summed E-state index contributed by atoms with van der Waals surface area (Å²) in [5, 5.41) is 0. The number of hydrogen-bond donors (Lipinski definition) is 0. The molecule has 11 heavy (non-hydrogen) atoms. The first-order chi connectivity index (χ1) is 5.31. The van der Waals surface area contributed by atoms with Gasteiger partial charge in [0.25, 0.3) is 0 Å². The molecule has 0 heteroatoms. The maximum atomic E-state index is 4.78. The van der Waals surface area contributed by atoms with Crippen molar-refractivity contribution in [3.8, 4) is 12.3 Å². The Labute approximate surface area is 72.9 Å². The zero-order chi connectivity index (χ0) is 8.53. The van der Waals surface area contributed by atoms with E-state index in [1.54, 1.807) is 0 Å². The quantitative estimate of drug-likeness (QED) is 0.465. The van der Waals surface area contributed by atoms with Gasteiger partial charge in [-0.2, -0.15) is 0 Å². The van der Waals surface area contributed by atoms with E-state index in [2.05, 4.69) is 12.8 Å². The van der Waals surface area contributed by atoms with Gasteiger partial charge in [-0.15, -0.1) is 12.3 Å². The van der Waals surface area contributed by atoms with Crippen molar-refractivity contribution in [3.63, 3.8) is 0 Å². The molecule has 0 unspecified atom stereocenters. The summed E-state index contributed by atoms with van der Waals surface area (Å²) in [7, 11) is 0. The van der Waals surface area contributed by atoms with Gasteiger partial charge in [0, 0.05) is 7.85 Å². The fourth-order valence-electron chi connectivity index (χ4n) is 1.31. The van der Waals surface area contributed by atoms with Gasteiger partial charge in [0.15, 0.2) is 0 Å². The molecule has 1 rings (SSSR count). The van der Waals surface area contributed by atoms with Crippen LogP contribution in [0.3, 0.4) is 0 Å². The third kappa shape index (κ3) is 7.46. The molecule has 0 aromatic heterocycles. The minimum Gasteiger partial charge on any atom is -0.120 e. The highest BCUT2D eigenvalue weighted by Gasteiger charge is 2.05. The molecular weight excluding hydrogens is 132 g/mol. The molecule has 0 N–H and O–H groups in total. The fourth-order valence-corrected chi connectivity index (χ4v) is 1.31. The van der Waals surface area contributed by atoms with Crippen molar-refractivity contribution >= 4 is 0 Å². The number of terminal acetylenes is 1. The van der Waals surface area contributed by atoms with E-state index in [0.29, 0.717) is 0 Å². The topological polar surface area (TPSA) is 0 Å². The maximum Gasteiger partial charge on any atom is 0.00576 e. The third-order valence-corrected chi connectivity index (χ3v) is 2.10. The van der Waals surface area contributed by atoms with Gasteiger partial charge in [-0.1, -0.05) is 46.0 Å². The second kappa shape index (κ2) is 7.66. The molecule has 0 atom stereocenters. The standard InChI is InChI=1S/C7H14.C4H6.H2/c1-7-5-3-2-4-6-7;1-3-4-2;/h7H,2-6H2,1H3;1H,4H2,2H3;1H. The minimum absolute atomic E-state index is 0. The predicted octanol–water partition coefficient (Wildman–Crippen LogP) is 3.86. The lowest BCUT2D eigenvalue weighted by atomic mass is 9.91. The first-order valence-electron chi connectivity index (χ1n) is 4.74. The predicted molar refractivity (Wildman–Crippen MR) is 53.5 cm³/mol. The largest absolute Gasteiger partial charge is 0.120 e. The van der Waals surface area contributed by atoms with Gasteiger partial charge < -0.3 is 0 Å². The van der Waals surface area contributed by atoms with E-state index >= 15 is 0 Å². The van der Waals surface area contributed by atoms with Crippen LogP contribution in [0.5, 0.6) is 0 Å². The Kier molecular flexibility index (Phi) is 7.36. The minimum atomic E-state index is 0. The van der Waals surface area contributed by atoms with Crippen LogP contribution in [-0.4, -0.2) is 0 Å². The van der Waals surface area contributed by atoms with Crippen molar-refractivity contribution in [2.45, 2.75) is 52.4 Å². The molecule has 0 aromatic carbocycles. The number of hydrogen-bond acceptors (Lipinski definition) is 0. The molecule has 0 nitrogen and oxygen atoms in total. The molecule has 1 aliphatic carbocycles. The smallest absolute Gasteiger partial charge is 0.00576 e. The van der Waals surface area contributed by atoms with Gasteiger partial charge >= 0.3 is 0 Å². The van der Waals surface area contributed by atoms with Gasteiger partial charge in [0.05, 0.1) is 0 Å².